The van der Waals surface area contributed by atoms with Crippen molar-refractivity contribution in [3.05, 3.63) is 28.7 Å². The number of nitrogens with zero attached hydrogens (tertiary/aromatic N) is 2. The Hall–Kier alpha value is -1.07. The second kappa shape index (κ2) is 7.27. The minimum atomic E-state index is 0.166. The van der Waals surface area contributed by atoms with Gasteiger partial charge >= 0.3 is 0 Å². The van der Waals surface area contributed by atoms with Gasteiger partial charge in [0.15, 0.2) is 0 Å². The van der Waals surface area contributed by atoms with Gasteiger partial charge in [0.05, 0.1) is 0 Å². The molecule has 0 N–H and O–H groups in total. The monoisotopic (exact) mass is 354 g/mol. The van der Waals surface area contributed by atoms with Crippen LogP contribution in [0.3, 0.4) is 0 Å². The molecule has 0 spiro atoms. The van der Waals surface area contributed by atoms with Gasteiger partial charge in [0.25, 0.3) is 0 Å². The normalized spacial score (nSPS) is 23.1. The molecule has 5 heteroatoms. The summed E-state index contributed by atoms with van der Waals surface area (Å²) in [6.45, 7) is 9.14. The third-order valence-corrected chi connectivity index (χ3v) is 4.51. The average molecular weight is 355 g/mol. The summed E-state index contributed by atoms with van der Waals surface area (Å²) in [7, 11) is 0. The predicted octanol–water partition coefficient (Wildman–Crippen LogP) is 2.77. The van der Waals surface area contributed by atoms with Crippen molar-refractivity contribution in [3.8, 4) is 5.75 Å². The minimum Gasteiger partial charge on any atom is -0.492 e. The van der Waals surface area contributed by atoms with Crippen LogP contribution in [0.1, 0.15) is 20.8 Å². The predicted molar refractivity (Wildman–Crippen MR) is 87.5 cm³/mol. The summed E-state index contributed by atoms with van der Waals surface area (Å²) in [6, 6.07) is 8.62. The van der Waals surface area contributed by atoms with Crippen molar-refractivity contribution in [3.63, 3.8) is 0 Å². The summed E-state index contributed by atoms with van der Waals surface area (Å²) in [6.07, 6.45) is 0. The van der Waals surface area contributed by atoms with Crippen molar-refractivity contribution in [2.24, 2.45) is 0 Å². The Balaban J connectivity index is 1.82. The number of ether oxygens (including phenoxy) is 1. The highest BCUT2D eigenvalue weighted by Crippen LogP contribution is 2.18. The summed E-state index contributed by atoms with van der Waals surface area (Å²) in [5.41, 5.74) is 0. The number of carbonyl (C=O) groups excluding carboxylic acids is 1. The molecule has 0 bridgehead atoms. The van der Waals surface area contributed by atoms with E-state index in [4.69, 9.17) is 4.74 Å². The van der Waals surface area contributed by atoms with E-state index in [-0.39, 0.29) is 5.91 Å². The molecule has 1 aromatic rings. The fourth-order valence-corrected chi connectivity index (χ4v) is 3.12. The van der Waals surface area contributed by atoms with E-state index < -0.39 is 0 Å². The third-order valence-electron chi connectivity index (χ3n) is 3.98. The zero-order chi connectivity index (χ0) is 15.4. The van der Waals surface area contributed by atoms with Gasteiger partial charge in [-0.15, -0.1) is 0 Å². The Morgan fingerprint density at radius 3 is 2.33 bits per heavy atom. The van der Waals surface area contributed by atoms with E-state index in [0.717, 1.165) is 29.9 Å². The summed E-state index contributed by atoms with van der Waals surface area (Å²) in [4.78, 5) is 15.8. The summed E-state index contributed by atoms with van der Waals surface area (Å²) in [5.74, 6) is 1.06. The van der Waals surface area contributed by atoms with Crippen molar-refractivity contribution >= 4 is 21.8 Å². The number of carbonyl (C=O) groups is 1. The number of amides is 1. The Morgan fingerprint density at radius 2 is 1.81 bits per heavy atom. The maximum Gasteiger partial charge on any atom is 0.219 e. The van der Waals surface area contributed by atoms with E-state index in [1.54, 1.807) is 6.92 Å². The molecule has 4 nitrogen and oxygen atoms in total. The molecule has 1 aromatic carbocycles. The van der Waals surface area contributed by atoms with E-state index >= 15 is 0 Å². The Bertz CT molecular complexity index is 466. The number of hydrogen-bond acceptors (Lipinski definition) is 3. The average Bonchev–Trinajstić information content (AvgIpc) is 2.43. The molecule has 21 heavy (non-hydrogen) atoms. The zero-order valence-corrected chi connectivity index (χ0v) is 14.5. The molecule has 0 saturated carbocycles. The largest absolute Gasteiger partial charge is 0.492 e. The van der Waals surface area contributed by atoms with Crippen molar-refractivity contribution in [1.82, 2.24) is 9.80 Å². The lowest BCUT2D eigenvalue weighted by Crippen LogP contribution is -2.58. The first-order valence-corrected chi connectivity index (χ1v) is 8.16. The van der Waals surface area contributed by atoms with Gasteiger partial charge in [-0.25, -0.2) is 0 Å². The summed E-state index contributed by atoms with van der Waals surface area (Å²) < 4.78 is 6.84. The fourth-order valence-electron chi connectivity index (χ4n) is 2.85. The zero-order valence-electron chi connectivity index (χ0n) is 12.9. The smallest absolute Gasteiger partial charge is 0.219 e. The highest BCUT2D eigenvalue weighted by atomic mass is 79.9. The van der Waals surface area contributed by atoms with E-state index in [1.165, 1.54) is 0 Å². The van der Waals surface area contributed by atoms with Crippen LogP contribution in [0.4, 0.5) is 0 Å². The van der Waals surface area contributed by atoms with E-state index in [1.807, 2.05) is 29.2 Å². The van der Waals surface area contributed by atoms with Crippen LogP contribution >= 0.6 is 15.9 Å². The highest BCUT2D eigenvalue weighted by molar-refractivity contribution is 9.10. The molecule has 1 fully saturated rings. The van der Waals surface area contributed by atoms with Crippen LogP contribution in [0.2, 0.25) is 0 Å². The molecule has 1 aliphatic heterocycles. The number of benzene rings is 1. The van der Waals surface area contributed by atoms with Gasteiger partial charge in [0.1, 0.15) is 12.4 Å². The number of rotatable bonds is 4. The maximum atomic E-state index is 11.5. The van der Waals surface area contributed by atoms with Crippen molar-refractivity contribution < 1.29 is 9.53 Å². The molecule has 1 heterocycles. The van der Waals surface area contributed by atoms with E-state index in [9.17, 15) is 4.79 Å². The first kappa shape index (κ1) is 16.3. The van der Waals surface area contributed by atoms with Gasteiger partial charge < -0.3 is 9.64 Å². The van der Waals surface area contributed by atoms with Crippen LogP contribution in [-0.4, -0.2) is 54.0 Å². The van der Waals surface area contributed by atoms with Crippen LogP contribution in [0.15, 0.2) is 28.7 Å². The molecular formula is C16H23BrN2O2. The Morgan fingerprint density at radius 1 is 1.24 bits per heavy atom. The highest BCUT2D eigenvalue weighted by Gasteiger charge is 2.30. The Kier molecular flexibility index (Phi) is 5.65. The van der Waals surface area contributed by atoms with Crippen LogP contribution in [0, 0.1) is 0 Å². The number of hydrogen-bond donors (Lipinski definition) is 0. The molecule has 0 radical (unpaired) electrons. The standard InChI is InChI=1S/C16H23BrN2O2/c1-12-10-18(14(3)20)11-13(2)19(12)8-9-21-16-6-4-15(17)5-7-16/h4-7,12-13H,8-11H2,1-3H3/t12-,13+. The van der Waals surface area contributed by atoms with Gasteiger partial charge in [-0.1, -0.05) is 15.9 Å². The SMILES string of the molecule is CC(=O)N1C[C@@H](C)N(CCOc2ccc(Br)cc2)[C@@H](C)C1. The molecule has 2 rings (SSSR count). The molecule has 0 aliphatic carbocycles. The lowest BCUT2D eigenvalue weighted by atomic mass is 10.1. The van der Waals surface area contributed by atoms with Crippen molar-refractivity contribution in [1.29, 1.82) is 0 Å². The van der Waals surface area contributed by atoms with Gasteiger partial charge in [0.2, 0.25) is 5.91 Å². The fraction of sp³-hybridized carbons (Fsp3) is 0.562. The van der Waals surface area contributed by atoms with Crippen molar-refractivity contribution in [2.45, 2.75) is 32.9 Å². The summed E-state index contributed by atoms with van der Waals surface area (Å²) >= 11 is 3.41. The molecule has 116 valence electrons. The summed E-state index contributed by atoms with van der Waals surface area (Å²) in [5, 5.41) is 0. The number of piperazine rings is 1. The molecule has 1 amide bonds. The molecule has 1 saturated heterocycles. The van der Waals surface area contributed by atoms with Gasteiger partial charge in [0, 0.05) is 43.1 Å². The second-order valence-corrected chi connectivity index (χ2v) is 6.58. The van der Waals surface area contributed by atoms with Gasteiger partial charge in [-0.3, -0.25) is 9.69 Å². The molecule has 0 aromatic heterocycles. The topological polar surface area (TPSA) is 32.8 Å². The van der Waals surface area contributed by atoms with E-state index in [2.05, 4.69) is 34.7 Å². The third kappa shape index (κ3) is 4.45. The lowest BCUT2D eigenvalue weighted by Gasteiger charge is -2.44. The van der Waals surface area contributed by atoms with Crippen molar-refractivity contribution in [2.75, 3.05) is 26.2 Å². The van der Waals surface area contributed by atoms with E-state index in [0.29, 0.717) is 18.7 Å². The molecule has 1 aliphatic rings. The van der Waals surface area contributed by atoms with Gasteiger partial charge in [-0.05, 0) is 38.1 Å². The second-order valence-electron chi connectivity index (χ2n) is 5.66. The molecule has 2 atom stereocenters. The van der Waals surface area contributed by atoms with Crippen LogP contribution in [-0.2, 0) is 4.79 Å². The molecule has 0 unspecified atom stereocenters. The van der Waals surface area contributed by atoms with Gasteiger partial charge in [-0.2, -0.15) is 0 Å². The van der Waals surface area contributed by atoms with Crippen LogP contribution in [0.25, 0.3) is 0 Å². The quantitative estimate of drug-likeness (QED) is 0.833. The lowest BCUT2D eigenvalue weighted by molar-refractivity contribution is -0.133. The number of halogens is 1. The molecular weight excluding hydrogens is 332 g/mol. The first-order chi connectivity index (χ1) is 9.97. The van der Waals surface area contributed by atoms with Crippen LogP contribution < -0.4 is 4.74 Å². The Labute approximate surface area is 135 Å². The minimum absolute atomic E-state index is 0.166. The van der Waals surface area contributed by atoms with Crippen LogP contribution in [0.5, 0.6) is 5.75 Å². The first-order valence-electron chi connectivity index (χ1n) is 7.37. The maximum absolute atomic E-state index is 11.5.